The third-order valence-corrected chi connectivity index (χ3v) is 6.49. The molecule has 0 saturated heterocycles. The fourth-order valence-corrected chi connectivity index (χ4v) is 4.50. The van der Waals surface area contributed by atoms with Crippen molar-refractivity contribution in [3.05, 3.63) is 95.3 Å². The first-order valence-corrected chi connectivity index (χ1v) is 13.3. The van der Waals surface area contributed by atoms with Crippen LogP contribution in [0.4, 0.5) is 0 Å². The summed E-state index contributed by atoms with van der Waals surface area (Å²) < 4.78 is 27.0. The minimum atomic E-state index is -3.47. The van der Waals surface area contributed by atoms with Crippen molar-refractivity contribution in [2.75, 3.05) is 12.8 Å². The molecule has 10 nitrogen and oxygen atoms in total. The van der Waals surface area contributed by atoms with Crippen LogP contribution in [0.15, 0.2) is 67.1 Å². The zero-order chi connectivity index (χ0) is 25.1. The van der Waals surface area contributed by atoms with Crippen LogP contribution in [-0.4, -0.2) is 56.8 Å². The quantitative estimate of drug-likeness (QED) is 0.389. The van der Waals surface area contributed by atoms with Crippen molar-refractivity contribution in [3.63, 3.8) is 0 Å². The molecular weight excluding hydrogens is 478 g/mol. The predicted octanol–water partition coefficient (Wildman–Crippen LogP) is 1.77. The summed E-state index contributed by atoms with van der Waals surface area (Å²) in [7, 11) is -3.47. The van der Waals surface area contributed by atoms with Gasteiger partial charge < -0.3 is 4.90 Å². The van der Waals surface area contributed by atoms with Gasteiger partial charge in [-0.1, -0.05) is 36.4 Å². The number of rotatable bonds is 8. The summed E-state index contributed by atoms with van der Waals surface area (Å²) >= 11 is 0. The Hall–Kier alpha value is -3.96. The Morgan fingerprint density at radius 3 is 2.58 bits per heavy atom. The van der Waals surface area contributed by atoms with E-state index in [9.17, 15) is 13.2 Å². The first-order valence-electron chi connectivity index (χ1n) is 11.4. The standard InChI is InChI=1S/C25H25N7O3S/c1-36(34,35)27-14-24(33)31-16-20-22(17-31)28-23(12-18-6-3-2-4-7-18)29-25(20)21-9-11-32(30-21)15-19-8-5-10-26-13-19/h2-11,13,27H,12,14-17H2,1H3. The van der Waals surface area contributed by atoms with Gasteiger partial charge in [-0.05, 0) is 23.3 Å². The molecule has 0 saturated carbocycles. The highest BCUT2D eigenvalue weighted by atomic mass is 32.2. The molecule has 0 bridgehead atoms. The van der Waals surface area contributed by atoms with Crippen molar-refractivity contribution < 1.29 is 13.2 Å². The van der Waals surface area contributed by atoms with Crippen molar-refractivity contribution in [2.45, 2.75) is 26.1 Å². The Morgan fingerprint density at radius 2 is 1.83 bits per heavy atom. The van der Waals surface area contributed by atoms with Crippen LogP contribution < -0.4 is 4.72 Å². The smallest absolute Gasteiger partial charge is 0.238 e. The molecule has 4 heterocycles. The summed E-state index contributed by atoms with van der Waals surface area (Å²) in [4.78, 5) is 28.1. The van der Waals surface area contributed by atoms with E-state index in [4.69, 9.17) is 15.1 Å². The maximum atomic E-state index is 12.7. The first kappa shape index (κ1) is 23.8. The van der Waals surface area contributed by atoms with Crippen LogP contribution >= 0.6 is 0 Å². The van der Waals surface area contributed by atoms with Gasteiger partial charge in [0.2, 0.25) is 15.9 Å². The van der Waals surface area contributed by atoms with E-state index in [-0.39, 0.29) is 25.5 Å². The number of carbonyl (C=O) groups is 1. The number of aromatic nitrogens is 5. The molecule has 0 unspecified atom stereocenters. The number of benzene rings is 1. The van der Waals surface area contributed by atoms with Crippen LogP contribution in [0.1, 0.15) is 28.2 Å². The molecule has 184 valence electrons. The van der Waals surface area contributed by atoms with Gasteiger partial charge in [-0.2, -0.15) is 5.10 Å². The molecule has 0 spiro atoms. The second-order valence-corrected chi connectivity index (χ2v) is 10.5. The van der Waals surface area contributed by atoms with E-state index in [0.717, 1.165) is 28.6 Å². The fraction of sp³-hybridized carbons (Fsp3) is 0.240. The molecule has 11 heteroatoms. The van der Waals surface area contributed by atoms with E-state index >= 15 is 0 Å². The number of nitrogens with zero attached hydrogens (tertiary/aromatic N) is 6. The third-order valence-electron chi connectivity index (χ3n) is 5.82. The van der Waals surface area contributed by atoms with Gasteiger partial charge in [-0.15, -0.1) is 0 Å². The molecule has 1 aromatic carbocycles. The van der Waals surface area contributed by atoms with Crippen LogP contribution in [0.25, 0.3) is 11.4 Å². The topological polar surface area (TPSA) is 123 Å². The van der Waals surface area contributed by atoms with Crippen LogP contribution in [0, 0.1) is 0 Å². The van der Waals surface area contributed by atoms with E-state index in [1.54, 1.807) is 17.3 Å². The van der Waals surface area contributed by atoms with Crippen LogP contribution in [-0.2, 0) is 40.9 Å². The Labute approximate surface area is 209 Å². The summed E-state index contributed by atoms with van der Waals surface area (Å²) in [5, 5.41) is 4.74. The summed E-state index contributed by atoms with van der Waals surface area (Å²) in [6.07, 6.45) is 6.99. The Balaban J connectivity index is 1.45. The largest absolute Gasteiger partial charge is 0.331 e. The lowest BCUT2D eigenvalue weighted by atomic mass is 10.1. The van der Waals surface area contributed by atoms with Gasteiger partial charge in [0, 0.05) is 30.6 Å². The first-order chi connectivity index (χ1) is 17.3. The van der Waals surface area contributed by atoms with Crippen molar-refractivity contribution in [3.8, 4) is 11.4 Å². The molecule has 1 N–H and O–H groups in total. The lowest BCUT2D eigenvalue weighted by molar-refractivity contribution is -0.130. The average Bonchev–Trinajstić information content (AvgIpc) is 3.50. The van der Waals surface area contributed by atoms with Gasteiger partial charge in [-0.25, -0.2) is 23.1 Å². The molecule has 0 radical (unpaired) electrons. The monoisotopic (exact) mass is 503 g/mol. The van der Waals surface area contributed by atoms with Crippen molar-refractivity contribution in [1.29, 1.82) is 0 Å². The maximum Gasteiger partial charge on any atom is 0.238 e. The third kappa shape index (κ3) is 5.64. The zero-order valence-corrected chi connectivity index (χ0v) is 20.5. The number of hydrogen-bond acceptors (Lipinski definition) is 7. The molecule has 0 atom stereocenters. The van der Waals surface area contributed by atoms with Gasteiger partial charge in [0.15, 0.2) is 0 Å². The molecule has 4 aromatic rings. The number of nitrogens with one attached hydrogen (secondary N) is 1. The number of pyridine rings is 1. The SMILES string of the molecule is CS(=O)(=O)NCC(=O)N1Cc2nc(Cc3ccccc3)nc(-c3ccn(Cc4cccnc4)n3)c2C1. The summed E-state index contributed by atoms with van der Waals surface area (Å²) in [6.45, 7) is 0.843. The Morgan fingerprint density at radius 1 is 1.03 bits per heavy atom. The lowest BCUT2D eigenvalue weighted by Gasteiger charge is -2.15. The summed E-state index contributed by atoms with van der Waals surface area (Å²) in [6, 6.07) is 15.7. The van der Waals surface area contributed by atoms with Crippen LogP contribution in [0.2, 0.25) is 0 Å². The molecule has 1 aliphatic heterocycles. The number of amides is 1. The fourth-order valence-electron chi connectivity index (χ4n) is 4.11. The normalized spacial score (nSPS) is 13.1. The summed E-state index contributed by atoms with van der Waals surface area (Å²) in [5.74, 6) is 0.316. The van der Waals surface area contributed by atoms with Gasteiger partial charge in [0.05, 0.1) is 43.8 Å². The highest BCUT2D eigenvalue weighted by molar-refractivity contribution is 7.88. The van der Waals surface area contributed by atoms with Gasteiger partial charge in [-0.3, -0.25) is 14.5 Å². The number of fused-ring (bicyclic) bond motifs is 1. The molecule has 3 aromatic heterocycles. The number of hydrogen-bond donors (Lipinski definition) is 1. The molecule has 1 aliphatic rings. The van der Waals surface area contributed by atoms with Gasteiger partial charge in [0.1, 0.15) is 11.5 Å². The molecule has 1 amide bonds. The Kier molecular flexibility index (Phi) is 6.57. The van der Waals surface area contributed by atoms with E-state index in [1.807, 2.05) is 59.4 Å². The average molecular weight is 504 g/mol. The predicted molar refractivity (Wildman–Crippen MR) is 133 cm³/mol. The molecule has 0 aliphatic carbocycles. The Bertz CT molecular complexity index is 1490. The number of sulfonamides is 1. The zero-order valence-electron chi connectivity index (χ0n) is 19.7. The van der Waals surface area contributed by atoms with Crippen molar-refractivity contribution >= 4 is 15.9 Å². The van der Waals surface area contributed by atoms with Crippen molar-refractivity contribution in [1.82, 2.24) is 34.4 Å². The maximum absolute atomic E-state index is 12.7. The molecular formula is C25H25N7O3S. The van der Waals surface area contributed by atoms with E-state index in [1.165, 1.54) is 0 Å². The van der Waals surface area contributed by atoms with Gasteiger partial charge >= 0.3 is 0 Å². The lowest BCUT2D eigenvalue weighted by Crippen LogP contribution is -2.37. The highest BCUT2D eigenvalue weighted by Gasteiger charge is 2.29. The number of carbonyl (C=O) groups excluding carboxylic acids is 1. The van der Waals surface area contributed by atoms with E-state index in [2.05, 4.69) is 9.71 Å². The van der Waals surface area contributed by atoms with Crippen LogP contribution in [0.3, 0.4) is 0 Å². The molecule has 0 fully saturated rings. The minimum Gasteiger partial charge on any atom is -0.331 e. The van der Waals surface area contributed by atoms with Gasteiger partial charge in [0.25, 0.3) is 0 Å². The molecule has 36 heavy (non-hydrogen) atoms. The molecule has 5 rings (SSSR count). The highest BCUT2D eigenvalue weighted by Crippen LogP contribution is 2.30. The minimum absolute atomic E-state index is 0.285. The van der Waals surface area contributed by atoms with E-state index < -0.39 is 10.0 Å². The van der Waals surface area contributed by atoms with Crippen molar-refractivity contribution in [2.24, 2.45) is 0 Å². The summed E-state index contributed by atoms with van der Waals surface area (Å²) in [5.41, 5.74) is 5.05. The van der Waals surface area contributed by atoms with E-state index in [0.29, 0.717) is 30.2 Å². The van der Waals surface area contributed by atoms with Crippen LogP contribution in [0.5, 0.6) is 0 Å². The second kappa shape index (κ2) is 9.96. The second-order valence-electron chi connectivity index (χ2n) is 8.68.